The van der Waals surface area contributed by atoms with Crippen LogP contribution in [0.3, 0.4) is 0 Å². The fourth-order valence-corrected chi connectivity index (χ4v) is 2.61. The van der Waals surface area contributed by atoms with Gasteiger partial charge in [-0.2, -0.15) is 0 Å². The summed E-state index contributed by atoms with van der Waals surface area (Å²) in [5.41, 5.74) is 0. The third kappa shape index (κ3) is 10.6. The molecule has 0 aliphatic rings. The van der Waals surface area contributed by atoms with Crippen LogP contribution in [0.1, 0.15) is 78.6 Å². The minimum atomic E-state index is -0.389. The summed E-state index contributed by atoms with van der Waals surface area (Å²) in [6, 6.07) is 0. The number of carbonyl (C=O) groups excluding carboxylic acids is 1. The molecular formula is C17H33NO3. The van der Waals surface area contributed by atoms with Gasteiger partial charge < -0.3 is 9.47 Å². The third-order valence-electron chi connectivity index (χ3n) is 3.62. The lowest BCUT2D eigenvalue weighted by atomic mass is 10.00. The summed E-state index contributed by atoms with van der Waals surface area (Å²) in [5.74, 6) is -0.389. The van der Waals surface area contributed by atoms with Crippen LogP contribution < -0.4 is 0 Å². The quantitative estimate of drug-likeness (QED) is 0.192. The van der Waals surface area contributed by atoms with Crippen molar-refractivity contribution in [2.75, 3.05) is 19.8 Å². The first kappa shape index (κ1) is 20.3. The Labute approximate surface area is 130 Å². The van der Waals surface area contributed by atoms with Gasteiger partial charge in [0.05, 0.1) is 6.54 Å². The van der Waals surface area contributed by atoms with Crippen molar-refractivity contribution in [1.82, 2.24) is 0 Å². The zero-order chi connectivity index (χ0) is 15.8. The molecule has 0 saturated carbocycles. The summed E-state index contributed by atoms with van der Waals surface area (Å²) in [7, 11) is 0. The summed E-state index contributed by atoms with van der Waals surface area (Å²) >= 11 is 0. The van der Waals surface area contributed by atoms with E-state index in [-0.39, 0.29) is 5.79 Å². The lowest BCUT2D eigenvalue weighted by molar-refractivity contribution is -0.242. The molecule has 0 heterocycles. The molecule has 0 atom stereocenters. The Bertz CT molecular complexity index is 269. The van der Waals surface area contributed by atoms with Crippen molar-refractivity contribution in [3.63, 3.8) is 0 Å². The van der Waals surface area contributed by atoms with Crippen molar-refractivity contribution >= 4 is 6.08 Å². The Hall–Kier alpha value is -0.700. The molecule has 0 aromatic carbocycles. The van der Waals surface area contributed by atoms with Crippen molar-refractivity contribution in [3.05, 3.63) is 0 Å². The largest absolute Gasteiger partial charge is 0.350 e. The molecule has 4 nitrogen and oxygen atoms in total. The number of isocyanates is 1. The maximum absolute atomic E-state index is 9.97. The molecule has 0 aliphatic heterocycles. The molecule has 0 spiro atoms. The summed E-state index contributed by atoms with van der Waals surface area (Å²) < 4.78 is 11.9. The molecule has 0 bridgehead atoms. The summed E-state index contributed by atoms with van der Waals surface area (Å²) in [6.45, 7) is 8.27. The van der Waals surface area contributed by atoms with Crippen molar-refractivity contribution in [3.8, 4) is 0 Å². The molecule has 0 unspecified atom stereocenters. The van der Waals surface area contributed by atoms with Crippen LogP contribution in [0.15, 0.2) is 4.99 Å². The van der Waals surface area contributed by atoms with Crippen LogP contribution >= 0.6 is 0 Å². The Morgan fingerprint density at radius 2 is 1.43 bits per heavy atom. The topological polar surface area (TPSA) is 47.9 Å². The van der Waals surface area contributed by atoms with Crippen LogP contribution in [0.25, 0.3) is 0 Å². The van der Waals surface area contributed by atoms with Gasteiger partial charge in [-0.05, 0) is 33.1 Å². The van der Waals surface area contributed by atoms with Gasteiger partial charge in [-0.25, -0.2) is 9.79 Å². The average Bonchev–Trinajstić information content (AvgIpc) is 2.47. The number of hydrogen-bond acceptors (Lipinski definition) is 4. The van der Waals surface area contributed by atoms with E-state index >= 15 is 0 Å². The highest BCUT2D eigenvalue weighted by molar-refractivity contribution is 5.32. The number of nitrogens with zero attached hydrogens (tertiary/aromatic N) is 1. The minimum absolute atomic E-state index is 0.389. The molecule has 0 aromatic heterocycles. The smallest absolute Gasteiger partial charge is 0.234 e. The van der Waals surface area contributed by atoms with Crippen LogP contribution in [0.2, 0.25) is 0 Å². The molecule has 0 radical (unpaired) electrons. The molecule has 0 rings (SSSR count). The van der Waals surface area contributed by atoms with E-state index in [0.29, 0.717) is 19.8 Å². The number of unbranched alkanes of at least 4 members (excludes halogenated alkanes) is 5. The highest BCUT2D eigenvalue weighted by Gasteiger charge is 2.29. The summed E-state index contributed by atoms with van der Waals surface area (Å²) in [5, 5.41) is 0. The van der Waals surface area contributed by atoms with E-state index in [1.54, 1.807) is 6.08 Å². The summed E-state index contributed by atoms with van der Waals surface area (Å²) in [6.07, 6.45) is 11.4. The Morgan fingerprint density at radius 3 is 1.95 bits per heavy atom. The number of hydrogen-bond donors (Lipinski definition) is 0. The molecular weight excluding hydrogens is 266 g/mol. The highest BCUT2D eigenvalue weighted by atomic mass is 16.7. The molecule has 0 aromatic rings. The van der Waals surface area contributed by atoms with Gasteiger partial charge >= 0.3 is 0 Å². The lowest BCUT2D eigenvalue weighted by Gasteiger charge is -2.33. The molecule has 0 aliphatic carbocycles. The lowest BCUT2D eigenvalue weighted by Crippen LogP contribution is -2.36. The second-order valence-corrected chi connectivity index (χ2v) is 5.37. The van der Waals surface area contributed by atoms with Gasteiger partial charge in [0, 0.05) is 26.1 Å². The van der Waals surface area contributed by atoms with Crippen LogP contribution in [0, 0.1) is 0 Å². The fourth-order valence-electron chi connectivity index (χ4n) is 2.61. The first-order valence-electron chi connectivity index (χ1n) is 8.56. The van der Waals surface area contributed by atoms with Gasteiger partial charge in [-0.15, -0.1) is 0 Å². The predicted molar refractivity (Wildman–Crippen MR) is 86.2 cm³/mol. The maximum Gasteiger partial charge on any atom is 0.234 e. The van der Waals surface area contributed by atoms with E-state index in [4.69, 9.17) is 9.47 Å². The van der Waals surface area contributed by atoms with Gasteiger partial charge in [-0.1, -0.05) is 32.6 Å². The van der Waals surface area contributed by atoms with Crippen LogP contribution in [-0.4, -0.2) is 31.6 Å². The number of rotatable bonds is 15. The standard InChI is InChI=1S/C17H33NO3/c1-4-7-10-13-17(20-5-2,21-6-3)14-11-8-9-12-15-18-16-19/h4-15H2,1-3H3. The van der Waals surface area contributed by atoms with Gasteiger partial charge in [0.2, 0.25) is 6.08 Å². The average molecular weight is 299 g/mol. The van der Waals surface area contributed by atoms with Crippen molar-refractivity contribution < 1.29 is 14.3 Å². The second-order valence-electron chi connectivity index (χ2n) is 5.37. The van der Waals surface area contributed by atoms with Gasteiger partial charge in [-0.3, -0.25) is 0 Å². The predicted octanol–water partition coefficient (Wildman–Crippen LogP) is 4.62. The highest BCUT2D eigenvalue weighted by Crippen LogP contribution is 2.28. The van der Waals surface area contributed by atoms with E-state index in [1.807, 2.05) is 13.8 Å². The fraction of sp³-hybridized carbons (Fsp3) is 0.941. The molecule has 0 amide bonds. The number of aliphatic imine (C=N–C) groups is 1. The Balaban J connectivity index is 4.13. The van der Waals surface area contributed by atoms with E-state index in [9.17, 15) is 4.79 Å². The molecule has 0 fully saturated rings. The zero-order valence-corrected chi connectivity index (χ0v) is 14.2. The zero-order valence-electron chi connectivity index (χ0n) is 14.2. The third-order valence-corrected chi connectivity index (χ3v) is 3.62. The van der Waals surface area contributed by atoms with Crippen molar-refractivity contribution in [1.29, 1.82) is 0 Å². The minimum Gasteiger partial charge on any atom is -0.350 e. The molecule has 4 heteroatoms. The van der Waals surface area contributed by atoms with Gasteiger partial charge in [0.15, 0.2) is 5.79 Å². The van der Waals surface area contributed by atoms with Gasteiger partial charge in [0.25, 0.3) is 0 Å². The van der Waals surface area contributed by atoms with E-state index in [0.717, 1.165) is 44.9 Å². The normalized spacial score (nSPS) is 11.4. The van der Waals surface area contributed by atoms with E-state index in [2.05, 4.69) is 11.9 Å². The van der Waals surface area contributed by atoms with Crippen LogP contribution in [0.5, 0.6) is 0 Å². The number of ether oxygens (including phenoxy) is 2. The molecule has 124 valence electrons. The molecule has 0 N–H and O–H groups in total. The summed E-state index contributed by atoms with van der Waals surface area (Å²) in [4.78, 5) is 13.5. The SMILES string of the molecule is CCCCCC(CCCCCCN=C=O)(OCC)OCC. The molecule has 21 heavy (non-hydrogen) atoms. The first-order valence-corrected chi connectivity index (χ1v) is 8.56. The van der Waals surface area contributed by atoms with Crippen molar-refractivity contribution in [2.24, 2.45) is 4.99 Å². The monoisotopic (exact) mass is 299 g/mol. The second kappa shape index (κ2) is 14.2. The van der Waals surface area contributed by atoms with Crippen LogP contribution in [0.4, 0.5) is 0 Å². The maximum atomic E-state index is 9.97. The Morgan fingerprint density at radius 1 is 0.857 bits per heavy atom. The molecule has 0 saturated heterocycles. The van der Waals surface area contributed by atoms with Gasteiger partial charge in [0.1, 0.15) is 0 Å². The van der Waals surface area contributed by atoms with Crippen molar-refractivity contribution in [2.45, 2.75) is 84.3 Å². The van der Waals surface area contributed by atoms with E-state index in [1.165, 1.54) is 12.8 Å². The Kier molecular flexibility index (Phi) is 13.8. The first-order chi connectivity index (χ1) is 10.2. The van der Waals surface area contributed by atoms with E-state index < -0.39 is 0 Å². The van der Waals surface area contributed by atoms with Crippen LogP contribution in [-0.2, 0) is 14.3 Å².